The van der Waals surface area contributed by atoms with Crippen LogP contribution in [0.2, 0.25) is 10.0 Å². The largest absolute Gasteiger partial charge is 0.481 e. The van der Waals surface area contributed by atoms with E-state index in [1.165, 1.54) is 6.33 Å². The quantitative estimate of drug-likeness (QED) is 0.889. The molecule has 0 radical (unpaired) electrons. The molecule has 2 aromatic rings. The molecular formula is C13H13Cl2N3O2. The maximum atomic E-state index is 10.8. The maximum Gasteiger partial charge on any atom is 0.303 e. The van der Waals surface area contributed by atoms with Gasteiger partial charge in [-0.15, -0.1) is 0 Å². The van der Waals surface area contributed by atoms with Crippen molar-refractivity contribution in [2.24, 2.45) is 0 Å². The molecule has 0 aliphatic carbocycles. The van der Waals surface area contributed by atoms with Crippen molar-refractivity contribution in [2.75, 3.05) is 0 Å². The van der Waals surface area contributed by atoms with Gasteiger partial charge in [0.15, 0.2) is 0 Å². The van der Waals surface area contributed by atoms with Gasteiger partial charge < -0.3 is 5.11 Å². The van der Waals surface area contributed by atoms with Gasteiger partial charge in [-0.1, -0.05) is 29.3 Å². The fourth-order valence-electron chi connectivity index (χ4n) is 2.03. The van der Waals surface area contributed by atoms with Gasteiger partial charge in [0, 0.05) is 28.9 Å². The number of halogens is 2. The van der Waals surface area contributed by atoms with Crippen LogP contribution < -0.4 is 0 Å². The summed E-state index contributed by atoms with van der Waals surface area (Å²) in [6.45, 7) is 0.522. The molecule has 0 spiro atoms. The fraction of sp³-hybridized carbons (Fsp3) is 0.308. The third-order valence-electron chi connectivity index (χ3n) is 2.98. The number of nitrogens with zero attached hydrogens (tertiary/aromatic N) is 3. The summed E-state index contributed by atoms with van der Waals surface area (Å²) in [6, 6.07) is 5.24. The Labute approximate surface area is 126 Å². The van der Waals surface area contributed by atoms with Crippen molar-refractivity contribution in [1.82, 2.24) is 14.8 Å². The Morgan fingerprint density at radius 1 is 1.40 bits per heavy atom. The van der Waals surface area contributed by atoms with Crippen LogP contribution in [0.1, 0.15) is 24.3 Å². The van der Waals surface area contributed by atoms with Crippen molar-refractivity contribution in [2.45, 2.75) is 25.3 Å². The predicted octanol–water partition coefficient (Wildman–Crippen LogP) is 3.23. The number of carbonyl (C=O) groups is 1. The summed E-state index contributed by atoms with van der Waals surface area (Å²) in [6.07, 6.45) is 3.57. The Bertz CT molecular complexity index is 587. The topological polar surface area (TPSA) is 68.0 Å². The number of aromatic nitrogens is 3. The molecule has 1 unspecified atom stereocenters. The highest BCUT2D eigenvalue weighted by molar-refractivity contribution is 6.35. The first-order chi connectivity index (χ1) is 9.56. The zero-order valence-electron chi connectivity index (χ0n) is 10.5. The molecule has 0 saturated carbocycles. The van der Waals surface area contributed by atoms with E-state index in [-0.39, 0.29) is 12.3 Å². The second kappa shape index (κ2) is 6.72. The van der Waals surface area contributed by atoms with E-state index in [1.54, 1.807) is 23.1 Å². The zero-order valence-corrected chi connectivity index (χ0v) is 12.1. The van der Waals surface area contributed by atoms with E-state index >= 15 is 0 Å². The Hall–Kier alpha value is -1.59. The molecule has 1 N–H and O–H groups in total. The summed E-state index contributed by atoms with van der Waals surface area (Å²) >= 11 is 12.1. The lowest BCUT2D eigenvalue weighted by atomic mass is 9.94. The summed E-state index contributed by atoms with van der Waals surface area (Å²) in [4.78, 5) is 14.7. The van der Waals surface area contributed by atoms with Crippen molar-refractivity contribution >= 4 is 29.2 Å². The average molecular weight is 314 g/mol. The highest BCUT2D eigenvalue weighted by Gasteiger charge is 2.17. The van der Waals surface area contributed by atoms with Gasteiger partial charge in [-0.3, -0.25) is 9.48 Å². The average Bonchev–Trinajstić information content (AvgIpc) is 2.87. The summed E-state index contributed by atoms with van der Waals surface area (Å²) in [5.74, 6) is -0.892. The Morgan fingerprint density at radius 2 is 2.20 bits per heavy atom. The minimum Gasteiger partial charge on any atom is -0.481 e. The van der Waals surface area contributed by atoms with Crippen molar-refractivity contribution in [3.05, 3.63) is 46.5 Å². The predicted molar refractivity (Wildman–Crippen MR) is 76.1 cm³/mol. The van der Waals surface area contributed by atoms with E-state index in [2.05, 4.69) is 10.1 Å². The van der Waals surface area contributed by atoms with Gasteiger partial charge in [-0.05, 0) is 24.1 Å². The van der Waals surface area contributed by atoms with E-state index < -0.39 is 5.97 Å². The first-order valence-corrected chi connectivity index (χ1v) is 6.81. The third-order valence-corrected chi connectivity index (χ3v) is 3.55. The van der Waals surface area contributed by atoms with Crippen LogP contribution in [-0.4, -0.2) is 25.8 Å². The molecule has 0 saturated heterocycles. The molecule has 20 heavy (non-hydrogen) atoms. The first-order valence-electron chi connectivity index (χ1n) is 6.05. The first kappa shape index (κ1) is 14.8. The lowest BCUT2D eigenvalue weighted by Crippen LogP contribution is -2.12. The van der Waals surface area contributed by atoms with Crippen LogP contribution in [0.25, 0.3) is 0 Å². The van der Waals surface area contributed by atoms with Crippen LogP contribution in [-0.2, 0) is 11.3 Å². The monoisotopic (exact) mass is 313 g/mol. The van der Waals surface area contributed by atoms with Crippen LogP contribution in [0.5, 0.6) is 0 Å². The smallest absolute Gasteiger partial charge is 0.303 e. The van der Waals surface area contributed by atoms with Crippen LogP contribution in [0.4, 0.5) is 0 Å². The molecule has 0 bridgehead atoms. The van der Waals surface area contributed by atoms with Crippen molar-refractivity contribution in [3.63, 3.8) is 0 Å². The van der Waals surface area contributed by atoms with Gasteiger partial charge in [0.05, 0.1) is 0 Å². The normalized spacial score (nSPS) is 12.3. The van der Waals surface area contributed by atoms with Crippen LogP contribution in [0.3, 0.4) is 0 Å². The molecule has 1 atom stereocenters. The maximum absolute atomic E-state index is 10.8. The molecule has 0 fully saturated rings. The van der Waals surface area contributed by atoms with Gasteiger partial charge in [0.1, 0.15) is 12.7 Å². The molecular weight excluding hydrogens is 301 g/mol. The number of carboxylic acid groups (broad SMARTS) is 1. The minimum absolute atomic E-state index is 0.0578. The molecule has 0 aliphatic rings. The van der Waals surface area contributed by atoms with Crippen molar-refractivity contribution in [3.8, 4) is 0 Å². The van der Waals surface area contributed by atoms with Crippen LogP contribution in [0.15, 0.2) is 30.9 Å². The number of hydrogen-bond donors (Lipinski definition) is 1. The van der Waals surface area contributed by atoms with E-state index in [4.69, 9.17) is 28.3 Å². The summed E-state index contributed by atoms with van der Waals surface area (Å²) in [5.41, 5.74) is 0.868. The van der Waals surface area contributed by atoms with Gasteiger partial charge in [-0.25, -0.2) is 4.98 Å². The highest BCUT2D eigenvalue weighted by Crippen LogP contribution is 2.31. The molecule has 106 valence electrons. The lowest BCUT2D eigenvalue weighted by Gasteiger charge is -2.18. The van der Waals surface area contributed by atoms with Crippen molar-refractivity contribution in [1.29, 1.82) is 0 Å². The second-order valence-electron chi connectivity index (χ2n) is 4.41. The molecule has 2 rings (SSSR count). The van der Waals surface area contributed by atoms with Gasteiger partial charge in [0.2, 0.25) is 0 Å². The van der Waals surface area contributed by atoms with E-state index in [1.807, 2.05) is 6.07 Å². The Kier molecular flexibility index (Phi) is 4.98. The number of aliphatic carboxylic acids is 1. The lowest BCUT2D eigenvalue weighted by molar-refractivity contribution is -0.137. The van der Waals surface area contributed by atoms with Gasteiger partial charge in [-0.2, -0.15) is 5.10 Å². The Balaban J connectivity index is 2.22. The molecule has 0 amide bonds. The summed E-state index contributed by atoms with van der Waals surface area (Å²) < 4.78 is 1.66. The minimum atomic E-state index is -0.835. The highest BCUT2D eigenvalue weighted by atomic mass is 35.5. The third kappa shape index (κ3) is 3.95. The molecule has 5 nitrogen and oxygen atoms in total. The zero-order chi connectivity index (χ0) is 14.5. The molecule has 1 aromatic heterocycles. The van der Waals surface area contributed by atoms with Gasteiger partial charge >= 0.3 is 5.97 Å². The van der Waals surface area contributed by atoms with Crippen LogP contribution >= 0.6 is 23.2 Å². The van der Waals surface area contributed by atoms with Crippen LogP contribution in [0, 0.1) is 0 Å². The molecule has 0 aliphatic heterocycles. The van der Waals surface area contributed by atoms with E-state index in [9.17, 15) is 4.79 Å². The molecule has 1 aromatic carbocycles. The Morgan fingerprint density at radius 3 is 2.80 bits per heavy atom. The SMILES string of the molecule is O=C(O)CCC(Cn1cncn1)c1ccc(Cl)cc1Cl. The number of carboxylic acids is 1. The van der Waals surface area contributed by atoms with Crippen molar-refractivity contribution < 1.29 is 9.90 Å². The standard InChI is InChI=1S/C13H13Cl2N3O2/c14-10-2-3-11(12(15)5-10)9(1-4-13(19)20)6-18-8-16-7-17-18/h2-3,5,7-9H,1,4,6H2,(H,19,20). The number of hydrogen-bond acceptors (Lipinski definition) is 3. The van der Waals surface area contributed by atoms with E-state index in [0.29, 0.717) is 23.0 Å². The number of benzene rings is 1. The fourth-order valence-corrected chi connectivity index (χ4v) is 2.59. The summed E-state index contributed by atoms with van der Waals surface area (Å²) in [7, 11) is 0. The molecule has 1 heterocycles. The van der Waals surface area contributed by atoms with E-state index in [0.717, 1.165) is 5.56 Å². The number of rotatable bonds is 6. The molecule has 7 heteroatoms. The van der Waals surface area contributed by atoms with Gasteiger partial charge in [0.25, 0.3) is 0 Å². The summed E-state index contributed by atoms with van der Waals surface area (Å²) in [5, 5.41) is 14.0. The second-order valence-corrected chi connectivity index (χ2v) is 5.26.